The number of aliphatic hydroxyl groups excluding tert-OH is 1. The predicted octanol–water partition coefficient (Wildman–Crippen LogP) is -0.158. The summed E-state index contributed by atoms with van der Waals surface area (Å²) in [6.45, 7) is 4.26. The molecular formula is C10H15N5O. The maximum Gasteiger partial charge on any atom is 0.168 e. The normalized spacial score (nSPS) is 26.9. The molecule has 2 N–H and O–H groups in total. The molecule has 2 heterocycles. The lowest BCUT2D eigenvalue weighted by Gasteiger charge is -2.16. The molecule has 2 aliphatic rings. The van der Waals surface area contributed by atoms with Crippen LogP contribution in [0.15, 0.2) is 20.0 Å². The highest BCUT2D eigenvalue weighted by Gasteiger charge is 2.26. The number of aliphatic imine (C=N–C) groups is 4. The van der Waals surface area contributed by atoms with E-state index in [1.165, 1.54) is 6.34 Å². The lowest BCUT2D eigenvalue weighted by atomic mass is 10.1. The number of rotatable bonds is 3. The molecule has 0 aromatic heterocycles. The average Bonchev–Trinajstić information content (AvgIpc) is 2.73. The van der Waals surface area contributed by atoms with Gasteiger partial charge in [0, 0.05) is 0 Å². The van der Waals surface area contributed by atoms with Crippen molar-refractivity contribution in [1.82, 2.24) is 5.32 Å². The summed E-state index contributed by atoms with van der Waals surface area (Å²) in [5.41, 5.74) is 0. The van der Waals surface area contributed by atoms with Crippen molar-refractivity contribution >= 4 is 24.3 Å². The van der Waals surface area contributed by atoms with Crippen molar-refractivity contribution in [3.63, 3.8) is 0 Å². The Balaban J connectivity index is 2.06. The van der Waals surface area contributed by atoms with Gasteiger partial charge in [0.25, 0.3) is 0 Å². The number of fused-ring (bicyclic) bond motifs is 1. The van der Waals surface area contributed by atoms with E-state index in [2.05, 4.69) is 25.3 Å². The van der Waals surface area contributed by atoms with E-state index in [1.807, 2.05) is 13.8 Å². The van der Waals surface area contributed by atoms with Gasteiger partial charge in [0.2, 0.25) is 0 Å². The van der Waals surface area contributed by atoms with Crippen LogP contribution in [0, 0.1) is 5.92 Å². The van der Waals surface area contributed by atoms with Crippen molar-refractivity contribution in [3.8, 4) is 0 Å². The fourth-order valence-corrected chi connectivity index (χ4v) is 1.37. The van der Waals surface area contributed by atoms with E-state index in [0.717, 1.165) is 5.84 Å². The van der Waals surface area contributed by atoms with Crippen molar-refractivity contribution in [2.24, 2.45) is 25.9 Å². The smallest absolute Gasteiger partial charge is 0.168 e. The third kappa shape index (κ3) is 2.16. The largest absolute Gasteiger partial charge is 0.391 e. The first-order valence-corrected chi connectivity index (χ1v) is 5.29. The Hall–Kier alpha value is -1.56. The zero-order valence-corrected chi connectivity index (χ0v) is 9.33. The van der Waals surface area contributed by atoms with Gasteiger partial charge in [-0.15, -0.1) is 0 Å². The van der Waals surface area contributed by atoms with Crippen molar-refractivity contribution in [2.75, 3.05) is 6.54 Å². The molecule has 0 bridgehead atoms. The molecule has 0 aromatic carbocycles. The molecule has 86 valence electrons. The van der Waals surface area contributed by atoms with Crippen LogP contribution >= 0.6 is 0 Å². The Morgan fingerprint density at radius 3 is 3.12 bits per heavy atom. The summed E-state index contributed by atoms with van der Waals surface area (Å²) >= 11 is 0. The fraction of sp³-hybridized carbons (Fsp3) is 0.600. The zero-order chi connectivity index (χ0) is 11.5. The summed E-state index contributed by atoms with van der Waals surface area (Å²) in [7, 11) is 0. The molecule has 2 unspecified atom stereocenters. The Kier molecular flexibility index (Phi) is 3.09. The van der Waals surface area contributed by atoms with E-state index in [4.69, 9.17) is 0 Å². The van der Waals surface area contributed by atoms with Gasteiger partial charge in [-0.05, 0) is 5.92 Å². The van der Waals surface area contributed by atoms with Crippen LogP contribution in [0.25, 0.3) is 0 Å². The van der Waals surface area contributed by atoms with Gasteiger partial charge in [-0.25, -0.2) is 9.98 Å². The monoisotopic (exact) mass is 221 g/mol. The van der Waals surface area contributed by atoms with Gasteiger partial charge in [-0.2, -0.15) is 0 Å². The molecule has 16 heavy (non-hydrogen) atoms. The molecule has 6 nitrogen and oxygen atoms in total. The molecule has 0 aromatic rings. The van der Waals surface area contributed by atoms with E-state index in [-0.39, 0.29) is 12.0 Å². The highest BCUT2D eigenvalue weighted by Crippen LogP contribution is 2.08. The number of nitrogens with one attached hydrogen (secondary N) is 1. The number of nitrogens with zero attached hydrogens (tertiary/aromatic N) is 4. The number of hydrogen-bond acceptors (Lipinski definition) is 5. The first-order valence-electron chi connectivity index (χ1n) is 5.29. The molecule has 6 heteroatoms. The summed E-state index contributed by atoms with van der Waals surface area (Å²) < 4.78 is 0. The van der Waals surface area contributed by atoms with Crippen LogP contribution in [0.2, 0.25) is 0 Å². The van der Waals surface area contributed by atoms with Crippen LogP contribution in [0.1, 0.15) is 13.8 Å². The Morgan fingerprint density at radius 2 is 2.38 bits per heavy atom. The fourth-order valence-electron chi connectivity index (χ4n) is 1.37. The van der Waals surface area contributed by atoms with Crippen molar-refractivity contribution in [3.05, 3.63) is 0 Å². The average molecular weight is 221 g/mol. The SMILES string of the molecule is CC(C)C(O)CN=C1N=CNC2=NC=NC12. The minimum Gasteiger partial charge on any atom is -0.391 e. The minimum absolute atomic E-state index is 0.190. The summed E-state index contributed by atoms with van der Waals surface area (Å²) in [6.07, 6.45) is 2.60. The molecule has 0 amide bonds. The molecule has 0 fully saturated rings. The second kappa shape index (κ2) is 4.52. The van der Waals surface area contributed by atoms with Gasteiger partial charge in [0.15, 0.2) is 11.9 Å². The van der Waals surface area contributed by atoms with Crippen molar-refractivity contribution in [1.29, 1.82) is 0 Å². The summed E-state index contributed by atoms with van der Waals surface area (Å²) in [6, 6.07) is -0.218. The molecule has 0 saturated heterocycles. The van der Waals surface area contributed by atoms with E-state index in [1.54, 1.807) is 6.34 Å². The lowest BCUT2D eigenvalue weighted by Crippen LogP contribution is -2.40. The Labute approximate surface area is 93.9 Å². The number of aliphatic hydroxyl groups is 1. The zero-order valence-electron chi connectivity index (χ0n) is 9.33. The van der Waals surface area contributed by atoms with E-state index >= 15 is 0 Å². The standard InChI is InChI=1S/C10H15N5O/c1-6(2)7(16)3-11-9-8-10(13-4-12-8)15-5-14-9/h4-8,16H,3H2,1-2H3,(H,11,12,13,14,15). The summed E-state index contributed by atoms with van der Waals surface area (Å²) in [4.78, 5) is 16.6. The first kappa shape index (κ1) is 10.9. The van der Waals surface area contributed by atoms with Crippen molar-refractivity contribution in [2.45, 2.75) is 26.0 Å². The topological polar surface area (TPSA) is 81.7 Å². The predicted molar refractivity (Wildman–Crippen MR) is 64.5 cm³/mol. The number of hydrogen-bond donors (Lipinski definition) is 2. The van der Waals surface area contributed by atoms with E-state index < -0.39 is 6.10 Å². The Bertz CT molecular complexity index is 383. The molecule has 2 atom stereocenters. The van der Waals surface area contributed by atoms with Crippen LogP contribution in [0.3, 0.4) is 0 Å². The molecule has 2 aliphatic heterocycles. The third-order valence-electron chi connectivity index (χ3n) is 2.54. The van der Waals surface area contributed by atoms with Gasteiger partial charge in [0.1, 0.15) is 12.2 Å². The van der Waals surface area contributed by atoms with Crippen LogP contribution in [0.4, 0.5) is 0 Å². The van der Waals surface area contributed by atoms with Crippen LogP contribution < -0.4 is 5.32 Å². The molecule has 0 spiro atoms. The van der Waals surface area contributed by atoms with E-state index in [0.29, 0.717) is 12.4 Å². The second-order valence-electron chi connectivity index (χ2n) is 4.09. The summed E-state index contributed by atoms with van der Waals surface area (Å²) in [5.74, 6) is 1.54. The van der Waals surface area contributed by atoms with Crippen LogP contribution in [-0.2, 0) is 0 Å². The highest BCUT2D eigenvalue weighted by molar-refractivity contribution is 6.21. The molecule has 2 rings (SSSR count). The Morgan fingerprint density at radius 1 is 1.56 bits per heavy atom. The maximum atomic E-state index is 9.65. The first-order chi connectivity index (χ1) is 7.68. The maximum absolute atomic E-state index is 9.65. The molecule has 0 saturated carbocycles. The van der Waals surface area contributed by atoms with Gasteiger partial charge in [-0.1, -0.05) is 13.8 Å². The van der Waals surface area contributed by atoms with Gasteiger partial charge in [0.05, 0.1) is 19.0 Å². The summed E-state index contributed by atoms with van der Waals surface area (Å²) in [5, 5.41) is 12.6. The van der Waals surface area contributed by atoms with Crippen molar-refractivity contribution < 1.29 is 5.11 Å². The van der Waals surface area contributed by atoms with Crippen LogP contribution in [-0.4, -0.2) is 48.1 Å². The third-order valence-corrected chi connectivity index (χ3v) is 2.54. The quantitative estimate of drug-likeness (QED) is 0.694. The highest BCUT2D eigenvalue weighted by atomic mass is 16.3. The van der Waals surface area contributed by atoms with Gasteiger partial charge < -0.3 is 10.4 Å². The minimum atomic E-state index is -0.441. The molecule has 0 radical (unpaired) electrons. The lowest BCUT2D eigenvalue weighted by molar-refractivity contribution is 0.134. The number of amidine groups is 2. The molecule has 0 aliphatic carbocycles. The second-order valence-corrected chi connectivity index (χ2v) is 4.09. The van der Waals surface area contributed by atoms with Gasteiger partial charge in [-0.3, -0.25) is 9.98 Å². The van der Waals surface area contributed by atoms with Crippen LogP contribution in [0.5, 0.6) is 0 Å². The molecular weight excluding hydrogens is 206 g/mol. The van der Waals surface area contributed by atoms with E-state index in [9.17, 15) is 5.11 Å². The van der Waals surface area contributed by atoms with Gasteiger partial charge >= 0.3 is 0 Å².